The van der Waals surface area contributed by atoms with Gasteiger partial charge < -0.3 is 10.7 Å². The summed E-state index contributed by atoms with van der Waals surface area (Å²) in [4.78, 5) is 19.6. The monoisotopic (exact) mass is 399 g/mol. The lowest BCUT2D eigenvalue weighted by molar-refractivity contribution is -0.137. The summed E-state index contributed by atoms with van der Waals surface area (Å²) in [5.41, 5.74) is 7.52. The first-order valence-electron chi connectivity index (χ1n) is 8.76. The van der Waals surface area contributed by atoms with Gasteiger partial charge in [0, 0.05) is 11.8 Å². The van der Waals surface area contributed by atoms with E-state index in [2.05, 4.69) is 20.2 Å². The van der Waals surface area contributed by atoms with Crippen molar-refractivity contribution in [1.29, 1.82) is 0 Å². The van der Waals surface area contributed by atoms with E-state index in [0.717, 1.165) is 23.3 Å². The quantitative estimate of drug-likeness (QED) is 0.488. The molecule has 0 fully saturated rings. The molecule has 0 aliphatic carbocycles. The zero-order valence-electron chi connectivity index (χ0n) is 15.0. The molecule has 2 heterocycles. The number of hydrogen-bond acceptors (Lipinski definition) is 4. The molecule has 0 saturated heterocycles. The van der Waals surface area contributed by atoms with E-state index >= 15 is 0 Å². The third-order valence-corrected chi connectivity index (χ3v) is 4.62. The highest BCUT2D eigenvalue weighted by molar-refractivity contribution is 5.83. The Morgan fingerprint density at radius 2 is 1.93 bits per heavy atom. The van der Waals surface area contributed by atoms with Crippen LogP contribution >= 0.6 is 0 Å². The minimum Gasteiger partial charge on any atom is -0.321 e. The number of aromatic nitrogens is 4. The van der Waals surface area contributed by atoms with Gasteiger partial charge in [-0.15, -0.1) is 0 Å². The summed E-state index contributed by atoms with van der Waals surface area (Å²) in [6.45, 7) is 0. The van der Waals surface area contributed by atoms with Crippen molar-refractivity contribution in [3.63, 3.8) is 0 Å². The maximum atomic E-state index is 12.9. The lowest BCUT2D eigenvalue weighted by atomic mass is 10.0. The first-order valence-corrected chi connectivity index (χ1v) is 8.76. The average molecular weight is 399 g/mol. The maximum Gasteiger partial charge on any atom is 0.416 e. The van der Waals surface area contributed by atoms with Crippen LogP contribution in [0, 0.1) is 0 Å². The Morgan fingerprint density at radius 3 is 2.66 bits per heavy atom. The molecule has 0 saturated carbocycles. The largest absolute Gasteiger partial charge is 0.416 e. The summed E-state index contributed by atoms with van der Waals surface area (Å²) < 4.78 is 38.7. The van der Waals surface area contributed by atoms with E-state index in [0.29, 0.717) is 16.5 Å². The predicted octanol–water partition coefficient (Wildman–Crippen LogP) is 3.57. The number of fused-ring (bicyclic) bond motifs is 1. The van der Waals surface area contributed by atoms with E-state index in [4.69, 9.17) is 5.73 Å². The molecular formula is C20H16F3N5O. The normalized spacial score (nSPS) is 13.0. The minimum absolute atomic E-state index is 0.103. The van der Waals surface area contributed by atoms with Gasteiger partial charge in [0.05, 0.1) is 28.7 Å². The fourth-order valence-electron chi connectivity index (χ4n) is 3.15. The van der Waals surface area contributed by atoms with Crippen molar-refractivity contribution in [3.05, 3.63) is 82.2 Å². The number of nitrogens with one attached hydrogen (secondary N) is 2. The summed E-state index contributed by atoms with van der Waals surface area (Å²) in [5, 5.41) is 6.99. The molecule has 1 atom stereocenters. The zero-order chi connectivity index (χ0) is 20.6. The van der Waals surface area contributed by atoms with Gasteiger partial charge in [-0.05, 0) is 35.7 Å². The number of halogens is 3. The van der Waals surface area contributed by atoms with Gasteiger partial charge >= 0.3 is 6.18 Å². The summed E-state index contributed by atoms with van der Waals surface area (Å²) in [6, 6.07) is 9.40. The predicted molar refractivity (Wildman–Crippen MR) is 102 cm³/mol. The molecule has 0 radical (unpaired) electrons. The van der Waals surface area contributed by atoms with Gasteiger partial charge in [-0.2, -0.15) is 18.3 Å². The van der Waals surface area contributed by atoms with E-state index in [1.54, 1.807) is 30.6 Å². The molecule has 0 bridgehead atoms. The SMILES string of the molecule is NC(Cc1cccc(C(F)(F)F)c1)c1nc2ccc(-c3cn[nH]c3)cc2c(=O)[nH]1. The summed E-state index contributed by atoms with van der Waals surface area (Å²) >= 11 is 0. The van der Waals surface area contributed by atoms with E-state index in [1.807, 2.05) is 6.07 Å². The Bertz CT molecular complexity index is 1210. The van der Waals surface area contributed by atoms with Crippen LogP contribution in [0.15, 0.2) is 59.7 Å². The summed E-state index contributed by atoms with van der Waals surface area (Å²) in [5.74, 6) is 0.218. The highest BCUT2D eigenvalue weighted by Gasteiger charge is 2.30. The molecule has 0 spiro atoms. The summed E-state index contributed by atoms with van der Waals surface area (Å²) in [7, 11) is 0. The zero-order valence-corrected chi connectivity index (χ0v) is 15.0. The Morgan fingerprint density at radius 1 is 1.10 bits per heavy atom. The number of hydrogen-bond donors (Lipinski definition) is 3. The Kier molecular flexibility index (Phi) is 4.67. The first kappa shape index (κ1) is 18.9. The van der Waals surface area contributed by atoms with E-state index in [1.165, 1.54) is 6.07 Å². The van der Waals surface area contributed by atoms with Gasteiger partial charge in [-0.25, -0.2) is 4.98 Å². The average Bonchev–Trinajstić information content (AvgIpc) is 3.22. The lowest BCUT2D eigenvalue weighted by Crippen LogP contribution is -2.22. The number of H-pyrrole nitrogens is 2. The topological polar surface area (TPSA) is 100 Å². The van der Waals surface area contributed by atoms with Gasteiger partial charge in [0.25, 0.3) is 5.56 Å². The van der Waals surface area contributed by atoms with Gasteiger partial charge in [0.15, 0.2) is 0 Å². The highest BCUT2D eigenvalue weighted by atomic mass is 19.4. The van der Waals surface area contributed by atoms with Crippen molar-refractivity contribution in [3.8, 4) is 11.1 Å². The van der Waals surface area contributed by atoms with Crippen molar-refractivity contribution in [2.75, 3.05) is 0 Å². The second-order valence-corrected chi connectivity index (χ2v) is 6.68. The Labute approximate surface area is 162 Å². The van der Waals surface area contributed by atoms with Crippen molar-refractivity contribution in [2.24, 2.45) is 5.73 Å². The summed E-state index contributed by atoms with van der Waals surface area (Å²) in [6.07, 6.45) is -0.974. The second-order valence-electron chi connectivity index (χ2n) is 6.68. The minimum atomic E-state index is -4.43. The fourth-order valence-corrected chi connectivity index (χ4v) is 3.15. The fraction of sp³-hybridized carbons (Fsp3) is 0.150. The third-order valence-electron chi connectivity index (χ3n) is 4.62. The van der Waals surface area contributed by atoms with Crippen molar-refractivity contribution in [2.45, 2.75) is 18.6 Å². The van der Waals surface area contributed by atoms with Gasteiger partial charge in [-0.3, -0.25) is 9.89 Å². The van der Waals surface area contributed by atoms with Crippen LogP contribution in [0.1, 0.15) is 23.0 Å². The van der Waals surface area contributed by atoms with Crippen LogP contribution in [0.3, 0.4) is 0 Å². The number of alkyl halides is 3. The van der Waals surface area contributed by atoms with Crippen LogP contribution in [0.2, 0.25) is 0 Å². The van der Waals surface area contributed by atoms with Crippen LogP contribution < -0.4 is 11.3 Å². The maximum absolute atomic E-state index is 12.9. The number of aromatic amines is 2. The second kappa shape index (κ2) is 7.17. The standard InChI is InChI=1S/C20H16F3N5O/c21-20(22,23)14-3-1-2-11(6-14)7-16(24)18-27-17-5-4-12(13-9-25-26-10-13)8-15(17)19(29)28-18/h1-6,8-10,16H,7,24H2,(H,25,26)(H,27,28,29). The van der Waals surface area contributed by atoms with Crippen LogP contribution in [-0.4, -0.2) is 20.2 Å². The van der Waals surface area contributed by atoms with Crippen LogP contribution in [0.4, 0.5) is 13.2 Å². The van der Waals surface area contributed by atoms with Gasteiger partial charge in [-0.1, -0.05) is 24.3 Å². The molecule has 29 heavy (non-hydrogen) atoms. The van der Waals surface area contributed by atoms with Gasteiger partial charge in [0.1, 0.15) is 5.82 Å². The molecule has 2 aromatic carbocycles. The van der Waals surface area contributed by atoms with Crippen molar-refractivity contribution in [1.82, 2.24) is 20.2 Å². The number of benzene rings is 2. The molecule has 6 nitrogen and oxygen atoms in total. The molecule has 4 aromatic rings. The van der Waals surface area contributed by atoms with Gasteiger partial charge in [0.2, 0.25) is 0 Å². The van der Waals surface area contributed by atoms with E-state index in [9.17, 15) is 18.0 Å². The third kappa shape index (κ3) is 3.90. The lowest BCUT2D eigenvalue weighted by Gasteiger charge is -2.13. The number of nitrogens with two attached hydrogens (primary N) is 1. The molecule has 2 aromatic heterocycles. The molecule has 1 unspecified atom stereocenters. The van der Waals surface area contributed by atoms with Crippen LogP contribution in [-0.2, 0) is 12.6 Å². The Balaban J connectivity index is 1.64. The number of rotatable bonds is 4. The van der Waals surface area contributed by atoms with Crippen LogP contribution in [0.25, 0.3) is 22.0 Å². The molecule has 0 aliphatic heterocycles. The highest BCUT2D eigenvalue weighted by Crippen LogP contribution is 2.30. The van der Waals surface area contributed by atoms with Crippen LogP contribution in [0.5, 0.6) is 0 Å². The molecule has 9 heteroatoms. The smallest absolute Gasteiger partial charge is 0.321 e. The number of nitrogens with zero attached hydrogens (tertiary/aromatic N) is 2. The van der Waals surface area contributed by atoms with E-state index < -0.39 is 17.8 Å². The van der Waals surface area contributed by atoms with Crippen molar-refractivity contribution < 1.29 is 13.2 Å². The molecular weight excluding hydrogens is 383 g/mol. The van der Waals surface area contributed by atoms with Crippen molar-refractivity contribution >= 4 is 10.9 Å². The molecule has 0 aliphatic rings. The molecule has 4 rings (SSSR count). The Hall–Kier alpha value is -3.46. The molecule has 4 N–H and O–H groups in total. The molecule has 148 valence electrons. The molecule has 0 amide bonds. The van der Waals surface area contributed by atoms with E-state index in [-0.39, 0.29) is 17.8 Å². The first-order chi connectivity index (χ1) is 13.8.